The standard InChI is InChI=1S/C28H28N2O3/c1-4-19-8-10-22(11-9-19)26(31)24-25(21-14-12-20(13-15-21)18(2)3)30(28(33)27(24)32)17-23-7-5-6-16-29-23/h5-16,18,25,31H,4,17H2,1-3H3/b26-24+. The number of pyridine rings is 1. The molecule has 1 unspecified atom stereocenters. The number of carbonyl (C=O) groups is 2. The Labute approximate surface area is 194 Å². The fraction of sp³-hybridized carbons (Fsp3) is 0.250. The summed E-state index contributed by atoms with van der Waals surface area (Å²) in [6, 6.07) is 20.1. The number of amides is 1. The molecule has 2 aromatic carbocycles. The van der Waals surface area contributed by atoms with Crippen LogP contribution in [-0.4, -0.2) is 26.7 Å². The topological polar surface area (TPSA) is 70.5 Å². The Balaban J connectivity index is 1.83. The van der Waals surface area contributed by atoms with Crippen molar-refractivity contribution in [2.45, 2.75) is 45.7 Å². The van der Waals surface area contributed by atoms with Crippen LogP contribution in [0.1, 0.15) is 60.7 Å². The van der Waals surface area contributed by atoms with Crippen LogP contribution >= 0.6 is 0 Å². The van der Waals surface area contributed by atoms with Gasteiger partial charge in [0.15, 0.2) is 0 Å². The summed E-state index contributed by atoms with van der Waals surface area (Å²) in [5.74, 6) is -1.11. The second kappa shape index (κ2) is 9.41. The van der Waals surface area contributed by atoms with E-state index in [1.807, 2.05) is 48.5 Å². The van der Waals surface area contributed by atoms with E-state index < -0.39 is 17.7 Å². The van der Waals surface area contributed by atoms with Crippen LogP contribution < -0.4 is 0 Å². The van der Waals surface area contributed by atoms with Gasteiger partial charge in [0.05, 0.1) is 23.9 Å². The average molecular weight is 441 g/mol. The highest BCUT2D eigenvalue weighted by molar-refractivity contribution is 6.46. The first kappa shape index (κ1) is 22.5. The summed E-state index contributed by atoms with van der Waals surface area (Å²) in [6.45, 7) is 6.46. The molecule has 0 radical (unpaired) electrons. The van der Waals surface area contributed by atoms with E-state index in [2.05, 4.69) is 25.8 Å². The van der Waals surface area contributed by atoms with Crippen molar-refractivity contribution in [1.29, 1.82) is 0 Å². The molecule has 1 aliphatic heterocycles. The zero-order valence-corrected chi connectivity index (χ0v) is 19.2. The van der Waals surface area contributed by atoms with Gasteiger partial charge in [-0.3, -0.25) is 14.6 Å². The lowest BCUT2D eigenvalue weighted by atomic mass is 9.93. The van der Waals surface area contributed by atoms with Crippen LogP contribution in [0.4, 0.5) is 0 Å². The van der Waals surface area contributed by atoms with E-state index in [1.54, 1.807) is 24.4 Å². The number of aliphatic hydroxyl groups excluding tert-OH is 1. The number of hydrogen-bond donors (Lipinski definition) is 1. The van der Waals surface area contributed by atoms with Gasteiger partial charge >= 0.3 is 0 Å². The quantitative estimate of drug-likeness (QED) is 0.317. The highest BCUT2D eigenvalue weighted by Crippen LogP contribution is 2.40. The molecule has 1 aliphatic rings. The second-order valence-electron chi connectivity index (χ2n) is 8.62. The highest BCUT2D eigenvalue weighted by atomic mass is 16.3. The molecule has 168 valence electrons. The predicted molar refractivity (Wildman–Crippen MR) is 128 cm³/mol. The third-order valence-corrected chi connectivity index (χ3v) is 6.15. The molecule has 0 bridgehead atoms. The van der Waals surface area contributed by atoms with Gasteiger partial charge in [-0.15, -0.1) is 0 Å². The highest BCUT2D eigenvalue weighted by Gasteiger charge is 2.46. The van der Waals surface area contributed by atoms with E-state index in [4.69, 9.17) is 0 Å². The fourth-order valence-corrected chi connectivity index (χ4v) is 4.17. The van der Waals surface area contributed by atoms with Crippen molar-refractivity contribution in [2.24, 2.45) is 0 Å². The Bertz CT molecular complexity index is 1180. The van der Waals surface area contributed by atoms with E-state index in [0.29, 0.717) is 17.2 Å². The molecular weight excluding hydrogens is 412 g/mol. The van der Waals surface area contributed by atoms with Crippen molar-refractivity contribution in [3.8, 4) is 0 Å². The van der Waals surface area contributed by atoms with Crippen LogP contribution in [0.25, 0.3) is 5.76 Å². The molecule has 1 atom stereocenters. The lowest BCUT2D eigenvalue weighted by molar-refractivity contribution is -0.140. The molecule has 1 fully saturated rings. The Hall–Kier alpha value is -3.73. The molecule has 2 heterocycles. The monoisotopic (exact) mass is 440 g/mol. The summed E-state index contributed by atoms with van der Waals surface area (Å²) in [4.78, 5) is 32.1. The molecule has 1 saturated heterocycles. The number of hydrogen-bond acceptors (Lipinski definition) is 4. The summed E-state index contributed by atoms with van der Waals surface area (Å²) in [5.41, 5.74) is 4.37. The van der Waals surface area contributed by atoms with Crippen LogP contribution in [0.3, 0.4) is 0 Å². The van der Waals surface area contributed by atoms with Crippen LogP contribution in [0, 0.1) is 0 Å². The SMILES string of the molecule is CCc1ccc(/C(O)=C2\C(=O)C(=O)N(Cc3ccccn3)C2c2ccc(C(C)C)cc2)cc1. The van der Waals surface area contributed by atoms with Crippen LogP contribution in [0.2, 0.25) is 0 Å². The molecule has 33 heavy (non-hydrogen) atoms. The third-order valence-electron chi connectivity index (χ3n) is 6.15. The summed E-state index contributed by atoms with van der Waals surface area (Å²) in [5, 5.41) is 11.2. The number of aliphatic hydroxyl groups is 1. The third kappa shape index (κ3) is 4.44. The van der Waals surface area contributed by atoms with Crippen molar-refractivity contribution in [3.63, 3.8) is 0 Å². The first-order valence-corrected chi connectivity index (χ1v) is 11.3. The van der Waals surface area contributed by atoms with E-state index in [9.17, 15) is 14.7 Å². The molecule has 3 aromatic rings. The van der Waals surface area contributed by atoms with E-state index in [0.717, 1.165) is 23.1 Å². The molecule has 1 N–H and O–H groups in total. The fourth-order valence-electron chi connectivity index (χ4n) is 4.17. The van der Waals surface area contributed by atoms with Gasteiger partial charge in [0.2, 0.25) is 0 Å². The first-order valence-electron chi connectivity index (χ1n) is 11.3. The molecule has 0 aliphatic carbocycles. The number of benzene rings is 2. The smallest absolute Gasteiger partial charge is 0.296 e. The number of carbonyl (C=O) groups excluding carboxylic acids is 2. The molecule has 5 heteroatoms. The van der Waals surface area contributed by atoms with Gasteiger partial charge in [-0.25, -0.2) is 0 Å². The number of nitrogens with zero attached hydrogens (tertiary/aromatic N) is 2. The Morgan fingerprint density at radius 1 is 1.00 bits per heavy atom. The Kier molecular flexibility index (Phi) is 6.40. The summed E-state index contributed by atoms with van der Waals surface area (Å²) in [7, 11) is 0. The Morgan fingerprint density at radius 3 is 2.27 bits per heavy atom. The zero-order chi connectivity index (χ0) is 23.5. The van der Waals surface area contributed by atoms with Crippen molar-refractivity contribution in [2.75, 3.05) is 0 Å². The van der Waals surface area contributed by atoms with Crippen molar-refractivity contribution in [1.82, 2.24) is 9.88 Å². The largest absolute Gasteiger partial charge is 0.507 e. The number of rotatable bonds is 6. The minimum atomic E-state index is -0.695. The van der Waals surface area contributed by atoms with Gasteiger partial charge in [0.25, 0.3) is 11.7 Å². The number of Topliss-reactive ketones (excluding diaryl/α,β-unsaturated/α-hetero) is 1. The second-order valence-corrected chi connectivity index (χ2v) is 8.62. The summed E-state index contributed by atoms with van der Waals surface area (Å²) in [6.07, 6.45) is 2.53. The minimum absolute atomic E-state index is 0.109. The van der Waals surface area contributed by atoms with Crippen LogP contribution in [0.5, 0.6) is 0 Å². The van der Waals surface area contributed by atoms with Gasteiger partial charge in [-0.1, -0.05) is 75.4 Å². The number of aryl methyl sites for hydroxylation is 1. The van der Waals surface area contributed by atoms with Gasteiger partial charge in [0.1, 0.15) is 5.76 Å². The zero-order valence-electron chi connectivity index (χ0n) is 19.2. The lowest BCUT2D eigenvalue weighted by Crippen LogP contribution is -2.29. The molecule has 0 saturated carbocycles. The lowest BCUT2D eigenvalue weighted by Gasteiger charge is -2.25. The maximum absolute atomic E-state index is 13.2. The van der Waals surface area contributed by atoms with Gasteiger partial charge in [-0.2, -0.15) is 0 Å². The number of aromatic nitrogens is 1. The number of likely N-dealkylation sites (tertiary alicyclic amines) is 1. The van der Waals surface area contributed by atoms with Crippen LogP contribution in [0.15, 0.2) is 78.5 Å². The van der Waals surface area contributed by atoms with E-state index in [1.165, 1.54) is 4.90 Å². The summed E-state index contributed by atoms with van der Waals surface area (Å²) >= 11 is 0. The molecule has 4 rings (SSSR count). The maximum Gasteiger partial charge on any atom is 0.296 e. The number of ketones is 1. The molecule has 0 spiro atoms. The van der Waals surface area contributed by atoms with Crippen LogP contribution in [-0.2, 0) is 22.6 Å². The molecular formula is C28H28N2O3. The summed E-state index contributed by atoms with van der Waals surface area (Å²) < 4.78 is 0. The average Bonchev–Trinajstić information content (AvgIpc) is 3.09. The Morgan fingerprint density at radius 2 is 1.70 bits per heavy atom. The molecule has 1 aromatic heterocycles. The van der Waals surface area contributed by atoms with Crippen molar-refractivity contribution >= 4 is 17.4 Å². The molecule has 1 amide bonds. The molecule has 5 nitrogen and oxygen atoms in total. The van der Waals surface area contributed by atoms with Gasteiger partial charge in [-0.05, 0) is 41.2 Å². The normalized spacial score (nSPS) is 17.7. The first-order chi connectivity index (χ1) is 15.9. The predicted octanol–water partition coefficient (Wildman–Crippen LogP) is 5.39. The minimum Gasteiger partial charge on any atom is -0.507 e. The van der Waals surface area contributed by atoms with Gasteiger partial charge < -0.3 is 10.0 Å². The van der Waals surface area contributed by atoms with E-state index >= 15 is 0 Å². The maximum atomic E-state index is 13.2. The van der Waals surface area contributed by atoms with Crippen molar-refractivity contribution in [3.05, 3.63) is 106 Å². The van der Waals surface area contributed by atoms with Crippen molar-refractivity contribution < 1.29 is 14.7 Å². The van der Waals surface area contributed by atoms with Gasteiger partial charge in [0, 0.05) is 11.8 Å². The van der Waals surface area contributed by atoms with E-state index in [-0.39, 0.29) is 17.9 Å².